The summed E-state index contributed by atoms with van der Waals surface area (Å²) in [7, 11) is 0. The van der Waals surface area contributed by atoms with E-state index in [0.717, 1.165) is 11.1 Å². The molecule has 0 bridgehead atoms. The molecule has 55 heavy (non-hydrogen) atoms. The molecule has 3 aromatic carbocycles. The predicted octanol–water partition coefficient (Wildman–Crippen LogP) is 4.42. The molecular formula is C40H42N2O13. The molecule has 0 aliphatic carbocycles. The van der Waals surface area contributed by atoms with Crippen molar-refractivity contribution in [1.82, 2.24) is 9.88 Å². The van der Waals surface area contributed by atoms with Crippen molar-refractivity contribution in [2.45, 2.75) is 90.0 Å². The molecule has 0 radical (unpaired) electrons. The standard InChI is InChI=1S/C40H42N2O13/c1-24(43)48-23-33-34(51-25(2)44)35(52-26(3)45)36-38(53-33)55-40(4,54-36)42-20-29(30-17-11-12-18-32(30)42)19-31(37(46)49-21-27-13-7-5-8-14-27)41-39(47)50-22-28-15-9-6-10-16-28/h5-18,20,31,33-36,38H,19,21-23H2,1-4H3,(H,41,47)/t31-,33+,34+,35-,36+,38+,40-/m0/s1. The van der Waals surface area contributed by atoms with Gasteiger partial charge in [0.1, 0.15) is 32.0 Å². The minimum atomic E-state index is -1.62. The van der Waals surface area contributed by atoms with Crippen LogP contribution in [0.3, 0.4) is 0 Å². The second kappa shape index (κ2) is 17.1. The zero-order chi connectivity index (χ0) is 39.1. The number of nitrogens with one attached hydrogen (secondary N) is 1. The van der Waals surface area contributed by atoms with Gasteiger partial charge in [-0.25, -0.2) is 9.59 Å². The number of carbonyl (C=O) groups is 5. The summed E-state index contributed by atoms with van der Waals surface area (Å²) in [5.74, 6) is -4.27. The monoisotopic (exact) mass is 758 g/mol. The number of amides is 1. The molecule has 2 aliphatic heterocycles. The van der Waals surface area contributed by atoms with Crippen LogP contribution in [0.25, 0.3) is 10.9 Å². The number of ether oxygens (including phenoxy) is 8. The largest absolute Gasteiger partial charge is 0.463 e. The Bertz CT molecular complexity index is 2000. The van der Waals surface area contributed by atoms with Gasteiger partial charge in [0.25, 0.3) is 5.91 Å². The number of para-hydroxylation sites is 1. The smallest absolute Gasteiger partial charge is 0.408 e. The Morgan fingerprint density at radius 1 is 0.745 bits per heavy atom. The molecule has 2 fully saturated rings. The van der Waals surface area contributed by atoms with Crippen molar-refractivity contribution < 1.29 is 61.9 Å². The zero-order valence-electron chi connectivity index (χ0n) is 30.7. The highest BCUT2D eigenvalue weighted by atomic mass is 16.9. The molecule has 3 heterocycles. The van der Waals surface area contributed by atoms with Gasteiger partial charge in [0.15, 0.2) is 24.6 Å². The molecule has 6 rings (SSSR count). The molecule has 0 saturated carbocycles. The van der Waals surface area contributed by atoms with E-state index in [1.54, 1.807) is 17.7 Å². The van der Waals surface area contributed by atoms with Crippen LogP contribution in [0.5, 0.6) is 0 Å². The Hall–Kier alpha value is -5.77. The van der Waals surface area contributed by atoms with E-state index in [1.165, 1.54) is 20.8 Å². The first-order chi connectivity index (χ1) is 26.4. The quantitative estimate of drug-likeness (QED) is 0.150. The fraction of sp³-hybridized carbons (Fsp3) is 0.375. The van der Waals surface area contributed by atoms with Crippen molar-refractivity contribution in [2.75, 3.05) is 6.61 Å². The van der Waals surface area contributed by atoms with Gasteiger partial charge < -0.3 is 38.5 Å². The van der Waals surface area contributed by atoms with E-state index in [9.17, 15) is 24.0 Å². The molecule has 290 valence electrons. The van der Waals surface area contributed by atoms with Gasteiger partial charge in [0.05, 0.1) is 5.52 Å². The Labute approximate surface area is 316 Å². The minimum absolute atomic E-state index is 0.0103. The molecule has 2 saturated heterocycles. The summed E-state index contributed by atoms with van der Waals surface area (Å²) in [4.78, 5) is 62.9. The Balaban J connectivity index is 1.29. The van der Waals surface area contributed by atoms with Gasteiger partial charge >= 0.3 is 30.0 Å². The highest BCUT2D eigenvalue weighted by Crippen LogP contribution is 2.43. The SMILES string of the molecule is CC(=O)OC[C@H]1O[C@@H]2O[C@@](C)(n3cc(C[C@H](NC(=O)OCc4ccccc4)C(=O)OCc4ccccc4)c4ccccc43)O[C@@H]2[C@@H](OC(C)=O)[C@@H]1OC(C)=O. The van der Waals surface area contributed by atoms with E-state index in [1.807, 2.05) is 84.9 Å². The van der Waals surface area contributed by atoms with Crippen molar-refractivity contribution >= 4 is 40.9 Å². The van der Waals surface area contributed by atoms with E-state index in [2.05, 4.69) is 5.32 Å². The van der Waals surface area contributed by atoms with Crippen molar-refractivity contribution in [1.29, 1.82) is 0 Å². The normalized spacial score (nSPS) is 23.5. The molecule has 1 N–H and O–H groups in total. The number of alkyl carbamates (subject to hydrolysis) is 1. The summed E-state index contributed by atoms with van der Waals surface area (Å²) in [6.45, 7) is 4.88. The van der Waals surface area contributed by atoms with Gasteiger partial charge in [-0.3, -0.25) is 23.7 Å². The maximum absolute atomic E-state index is 13.6. The third-order valence-electron chi connectivity index (χ3n) is 9.01. The van der Waals surface area contributed by atoms with Crippen LogP contribution in [0.15, 0.2) is 91.1 Å². The van der Waals surface area contributed by atoms with Gasteiger partial charge in [0.2, 0.25) is 0 Å². The third kappa shape index (κ3) is 9.49. The summed E-state index contributed by atoms with van der Waals surface area (Å²) in [5.41, 5.74) is 2.78. The lowest BCUT2D eigenvalue weighted by molar-refractivity contribution is -0.275. The predicted molar refractivity (Wildman–Crippen MR) is 191 cm³/mol. The Kier molecular flexibility index (Phi) is 12.1. The molecule has 2 aliphatic rings. The topological polar surface area (TPSA) is 176 Å². The van der Waals surface area contributed by atoms with Crippen LogP contribution in [-0.2, 0) is 82.6 Å². The average molecular weight is 759 g/mol. The molecule has 15 nitrogen and oxygen atoms in total. The lowest BCUT2D eigenvalue weighted by Gasteiger charge is -2.40. The molecule has 4 aromatic rings. The number of rotatable bonds is 13. The van der Waals surface area contributed by atoms with Crippen LogP contribution in [0.4, 0.5) is 4.79 Å². The van der Waals surface area contributed by atoms with Crippen molar-refractivity contribution in [3.63, 3.8) is 0 Å². The first-order valence-corrected chi connectivity index (χ1v) is 17.7. The van der Waals surface area contributed by atoms with Crippen LogP contribution < -0.4 is 5.32 Å². The second-order valence-corrected chi connectivity index (χ2v) is 13.2. The number of nitrogens with zero attached hydrogens (tertiary/aromatic N) is 1. The molecule has 0 unspecified atom stereocenters. The Morgan fingerprint density at radius 2 is 1.35 bits per heavy atom. The molecule has 1 amide bonds. The van der Waals surface area contributed by atoms with Crippen LogP contribution in [-0.4, -0.2) is 77.9 Å². The Morgan fingerprint density at radius 3 is 1.98 bits per heavy atom. The number of fused-ring (bicyclic) bond motifs is 2. The van der Waals surface area contributed by atoms with Gasteiger partial charge in [-0.05, 0) is 22.8 Å². The summed E-state index contributed by atoms with van der Waals surface area (Å²) in [5, 5.41) is 3.38. The summed E-state index contributed by atoms with van der Waals surface area (Å²) in [6, 6.07) is 24.4. The fourth-order valence-electron chi connectivity index (χ4n) is 6.60. The number of hydrogen-bond donors (Lipinski definition) is 1. The number of hydrogen-bond acceptors (Lipinski definition) is 13. The third-order valence-corrected chi connectivity index (χ3v) is 9.01. The lowest BCUT2D eigenvalue weighted by atomic mass is 9.98. The second-order valence-electron chi connectivity index (χ2n) is 13.2. The number of carbonyl (C=O) groups excluding carboxylic acids is 5. The minimum Gasteiger partial charge on any atom is -0.463 e. The first kappa shape index (κ1) is 38.9. The van der Waals surface area contributed by atoms with Crippen molar-refractivity contribution in [2.24, 2.45) is 0 Å². The van der Waals surface area contributed by atoms with Crippen LogP contribution in [0.2, 0.25) is 0 Å². The van der Waals surface area contributed by atoms with Crippen LogP contribution in [0, 0.1) is 0 Å². The molecule has 15 heteroatoms. The highest BCUT2D eigenvalue weighted by molar-refractivity contribution is 5.87. The fourth-order valence-corrected chi connectivity index (χ4v) is 6.60. The molecule has 0 spiro atoms. The molecule has 7 atom stereocenters. The number of benzene rings is 3. The van der Waals surface area contributed by atoms with E-state index >= 15 is 0 Å². The molecule has 1 aromatic heterocycles. The van der Waals surface area contributed by atoms with Gasteiger partial charge in [-0.1, -0.05) is 78.9 Å². The van der Waals surface area contributed by atoms with Gasteiger partial charge in [-0.15, -0.1) is 0 Å². The number of aromatic nitrogens is 1. The first-order valence-electron chi connectivity index (χ1n) is 17.7. The van der Waals surface area contributed by atoms with E-state index in [0.29, 0.717) is 16.5 Å². The molecular weight excluding hydrogens is 716 g/mol. The summed E-state index contributed by atoms with van der Waals surface area (Å²) < 4.78 is 48.2. The summed E-state index contributed by atoms with van der Waals surface area (Å²) >= 11 is 0. The lowest BCUT2D eigenvalue weighted by Crippen LogP contribution is -2.60. The van der Waals surface area contributed by atoms with Crippen molar-refractivity contribution in [3.05, 3.63) is 108 Å². The maximum atomic E-state index is 13.6. The van der Waals surface area contributed by atoms with E-state index in [4.69, 9.17) is 37.9 Å². The van der Waals surface area contributed by atoms with E-state index in [-0.39, 0.29) is 26.2 Å². The highest BCUT2D eigenvalue weighted by Gasteiger charge is 2.59. The summed E-state index contributed by atoms with van der Waals surface area (Å²) in [6.07, 6.45) is -4.87. The maximum Gasteiger partial charge on any atom is 0.408 e. The van der Waals surface area contributed by atoms with Crippen molar-refractivity contribution in [3.8, 4) is 0 Å². The van der Waals surface area contributed by atoms with Crippen LogP contribution in [0.1, 0.15) is 44.4 Å². The van der Waals surface area contributed by atoms with Gasteiger partial charge in [0, 0.05) is 45.7 Å². The average Bonchev–Trinajstić information content (AvgIpc) is 3.71. The number of esters is 4. The van der Waals surface area contributed by atoms with Gasteiger partial charge in [-0.2, -0.15) is 0 Å². The zero-order valence-corrected chi connectivity index (χ0v) is 30.7. The van der Waals surface area contributed by atoms with E-state index < -0.39 is 72.6 Å². The van der Waals surface area contributed by atoms with Crippen LogP contribution >= 0.6 is 0 Å².